The number of aromatic nitrogens is 6. The topological polar surface area (TPSA) is 116 Å². The summed E-state index contributed by atoms with van der Waals surface area (Å²) in [6.45, 7) is 9.83. The second kappa shape index (κ2) is 10.0. The molecule has 1 aromatic carbocycles. The summed E-state index contributed by atoms with van der Waals surface area (Å²) in [6, 6.07) is 11.7. The predicted molar refractivity (Wildman–Crippen MR) is 133 cm³/mol. The standard InChI is InChI=1S/C26H28N6O3/c1-5-7-14-26(4,25(34)35-6-2)21-24(33)28-22(30-29-21)20-19-13-10-15-27-23(19)32(31-20)16-18-12-9-8-11-17(18)3/h5,8-13,15H,1,6-7,14,16H2,2-4H3,(H,28,30,33). The van der Waals surface area contributed by atoms with Crippen LogP contribution in [-0.4, -0.2) is 42.5 Å². The number of hydrogen-bond acceptors (Lipinski definition) is 7. The molecule has 9 heteroatoms. The van der Waals surface area contributed by atoms with Gasteiger partial charge in [0.25, 0.3) is 5.56 Å². The van der Waals surface area contributed by atoms with Crippen molar-refractivity contribution in [1.82, 2.24) is 29.9 Å². The molecule has 0 saturated carbocycles. The molecule has 0 saturated heterocycles. The van der Waals surface area contributed by atoms with Crippen molar-refractivity contribution in [1.29, 1.82) is 0 Å². The fourth-order valence-electron chi connectivity index (χ4n) is 4.05. The first kappa shape index (κ1) is 24.0. The van der Waals surface area contributed by atoms with Gasteiger partial charge in [-0.15, -0.1) is 16.8 Å². The first-order valence-electron chi connectivity index (χ1n) is 11.5. The van der Waals surface area contributed by atoms with Gasteiger partial charge in [-0.05, 0) is 56.9 Å². The van der Waals surface area contributed by atoms with E-state index in [2.05, 4.69) is 26.7 Å². The van der Waals surface area contributed by atoms with Gasteiger partial charge in [0.2, 0.25) is 0 Å². The third kappa shape index (κ3) is 4.62. The molecule has 3 aromatic heterocycles. The quantitative estimate of drug-likeness (QED) is 0.291. The number of hydrogen-bond donors (Lipinski definition) is 1. The van der Waals surface area contributed by atoms with E-state index in [4.69, 9.17) is 9.84 Å². The Kier molecular flexibility index (Phi) is 6.86. The molecule has 0 aliphatic carbocycles. The van der Waals surface area contributed by atoms with Crippen molar-refractivity contribution >= 4 is 17.0 Å². The number of benzene rings is 1. The highest BCUT2D eigenvalue weighted by atomic mass is 16.5. The van der Waals surface area contributed by atoms with Crippen LogP contribution in [-0.2, 0) is 21.5 Å². The van der Waals surface area contributed by atoms with Crippen LogP contribution >= 0.6 is 0 Å². The lowest BCUT2D eigenvalue weighted by molar-refractivity contribution is -0.150. The molecule has 0 radical (unpaired) electrons. The minimum Gasteiger partial charge on any atom is -0.465 e. The third-order valence-corrected chi connectivity index (χ3v) is 6.11. The van der Waals surface area contributed by atoms with Crippen LogP contribution in [0.5, 0.6) is 0 Å². The largest absolute Gasteiger partial charge is 0.465 e. The van der Waals surface area contributed by atoms with Crippen LogP contribution in [0.25, 0.3) is 22.6 Å². The van der Waals surface area contributed by atoms with Gasteiger partial charge in [0, 0.05) is 6.20 Å². The third-order valence-electron chi connectivity index (χ3n) is 6.11. The summed E-state index contributed by atoms with van der Waals surface area (Å²) in [5, 5.41) is 13.9. The summed E-state index contributed by atoms with van der Waals surface area (Å²) in [4.78, 5) is 33.2. The number of allylic oxidation sites excluding steroid dienone is 1. The van der Waals surface area contributed by atoms with E-state index in [9.17, 15) is 9.59 Å². The molecule has 0 aliphatic heterocycles. The number of aromatic amines is 1. The molecule has 9 nitrogen and oxygen atoms in total. The number of H-pyrrole nitrogens is 1. The molecule has 0 spiro atoms. The summed E-state index contributed by atoms with van der Waals surface area (Å²) >= 11 is 0. The molecule has 0 fully saturated rings. The average Bonchev–Trinajstić information content (AvgIpc) is 3.22. The van der Waals surface area contributed by atoms with Crippen LogP contribution < -0.4 is 5.56 Å². The van der Waals surface area contributed by atoms with Crippen LogP contribution in [0, 0.1) is 6.92 Å². The number of fused-ring (bicyclic) bond motifs is 1. The maximum atomic E-state index is 13.2. The fraction of sp³-hybridized carbons (Fsp3) is 0.308. The van der Waals surface area contributed by atoms with Crippen LogP contribution in [0.2, 0.25) is 0 Å². The van der Waals surface area contributed by atoms with E-state index >= 15 is 0 Å². The maximum Gasteiger partial charge on any atom is 0.318 e. The number of rotatable bonds is 9. The summed E-state index contributed by atoms with van der Waals surface area (Å²) in [6.07, 6.45) is 4.22. The zero-order valence-electron chi connectivity index (χ0n) is 20.1. The first-order valence-corrected chi connectivity index (χ1v) is 11.5. The van der Waals surface area contributed by atoms with Gasteiger partial charge in [-0.3, -0.25) is 9.59 Å². The summed E-state index contributed by atoms with van der Waals surface area (Å²) < 4.78 is 7.02. The predicted octanol–water partition coefficient (Wildman–Crippen LogP) is 3.72. The van der Waals surface area contributed by atoms with Crippen molar-refractivity contribution in [3.05, 3.63) is 82.4 Å². The molecule has 1 N–H and O–H groups in total. The minimum atomic E-state index is -1.25. The first-order chi connectivity index (χ1) is 16.9. The van der Waals surface area contributed by atoms with E-state index in [-0.39, 0.29) is 18.1 Å². The Labute approximate surface area is 202 Å². The van der Waals surface area contributed by atoms with Crippen LogP contribution in [0.4, 0.5) is 0 Å². The molecule has 1 unspecified atom stereocenters. The van der Waals surface area contributed by atoms with E-state index in [1.54, 1.807) is 36.9 Å². The summed E-state index contributed by atoms with van der Waals surface area (Å²) in [7, 11) is 0. The number of nitrogens with one attached hydrogen (secondary N) is 1. The highest BCUT2D eigenvalue weighted by Gasteiger charge is 2.40. The molecule has 0 bridgehead atoms. The van der Waals surface area contributed by atoms with Crippen molar-refractivity contribution in [2.75, 3.05) is 6.61 Å². The van der Waals surface area contributed by atoms with Gasteiger partial charge in [-0.1, -0.05) is 30.3 Å². The van der Waals surface area contributed by atoms with Crippen LogP contribution in [0.1, 0.15) is 43.5 Å². The summed E-state index contributed by atoms with van der Waals surface area (Å²) in [5.41, 5.74) is 1.61. The van der Waals surface area contributed by atoms with Crippen molar-refractivity contribution in [3.63, 3.8) is 0 Å². The molecule has 4 rings (SSSR count). The normalized spacial score (nSPS) is 12.9. The SMILES string of the molecule is C=CCCC(C)(C(=O)OCC)c1nnc(-c2nn(Cc3ccccc3C)c3ncccc23)[nH]c1=O. The van der Waals surface area contributed by atoms with Gasteiger partial charge in [-0.2, -0.15) is 5.10 Å². The number of ether oxygens (including phenoxy) is 1. The fourth-order valence-corrected chi connectivity index (χ4v) is 4.05. The number of carbonyl (C=O) groups is 1. The van der Waals surface area contributed by atoms with Crippen LogP contribution in [0.3, 0.4) is 0 Å². The molecule has 180 valence electrons. The number of pyridine rings is 1. The zero-order valence-corrected chi connectivity index (χ0v) is 20.1. The minimum absolute atomic E-state index is 0.00308. The van der Waals surface area contributed by atoms with E-state index in [0.29, 0.717) is 30.7 Å². The van der Waals surface area contributed by atoms with Gasteiger partial charge in [-0.25, -0.2) is 9.67 Å². The lowest BCUT2D eigenvalue weighted by atomic mass is 9.82. The molecule has 3 heterocycles. The lowest BCUT2D eigenvalue weighted by Gasteiger charge is -2.24. The number of aryl methyl sites for hydroxylation is 1. The Morgan fingerprint density at radius 2 is 2.03 bits per heavy atom. The number of carbonyl (C=O) groups excluding carboxylic acids is 1. The number of esters is 1. The van der Waals surface area contributed by atoms with Crippen molar-refractivity contribution in [2.24, 2.45) is 0 Å². The Morgan fingerprint density at radius 1 is 1.23 bits per heavy atom. The molecule has 1 atom stereocenters. The summed E-state index contributed by atoms with van der Waals surface area (Å²) in [5.74, 6) is -0.318. The molecule has 0 aliphatic rings. The van der Waals surface area contributed by atoms with Gasteiger partial charge < -0.3 is 9.72 Å². The highest BCUT2D eigenvalue weighted by molar-refractivity contribution is 5.89. The van der Waals surface area contributed by atoms with E-state index in [1.165, 1.54) is 0 Å². The second-order valence-corrected chi connectivity index (χ2v) is 8.54. The van der Waals surface area contributed by atoms with E-state index in [0.717, 1.165) is 16.5 Å². The Hall–Kier alpha value is -4.14. The molecular weight excluding hydrogens is 444 g/mol. The molecule has 0 amide bonds. The average molecular weight is 473 g/mol. The van der Waals surface area contributed by atoms with Crippen molar-refractivity contribution < 1.29 is 9.53 Å². The zero-order chi connectivity index (χ0) is 25.0. The number of nitrogens with zero attached hydrogens (tertiary/aromatic N) is 5. The lowest BCUT2D eigenvalue weighted by Crippen LogP contribution is -2.41. The maximum absolute atomic E-state index is 13.2. The van der Waals surface area contributed by atoms with Crippen molar-refractivity contribution in [3.8, 4) is 11.5 Å². The monoisotopic (exact) mass is 472 g/mol. The molecule has 35 heavy (non-hydrogen) atoms. The Bertz CT molecular complexity index is 1440. The van der Waals surface area contributed by atoms with Crippen LogP contribution in [0.15, 0.2) is 60.0 Å². The molecular formula is C26H28N6O3. The second-order valence-electron chi connectivity index (χ2n) is 8.54. The smallest absolute Gasteiger partial charge is 0.318 e. The van der Waals surface area contributed by atoms with Gasteiger partial charge >= 0.3 is 5.97 Å². The Balaban J connectivity index is 1.78. The van der Waals surface area contributed by atoms with Gasteiger partial charge in [0.15, 0.2) is 11.5 Å². The van der Waals surface area contributed by atoms with Gasteiger partial charge in [0.05, 0.1) is 18.5 Å². The highest BCUT2D eigenvalue weighted by Crippen LogP contribution is 2.29. The van der Waals surface area contributed by atoms with E-state index in [1.807, 2.05) is 37.3 Å². The van der Waals surface area contributed by atoms with E-state index < -0.39 is 16.9 Å². The van der Waals surface area contributed by atoms with Crippen molar-refractivity contribution in [2.45, 2.75) is 45.6 Å². The molecule has 4 aromatic rings. The Morgan fingerprint density at radius 3 is 2.74 bits per heavy atom. The van der Waals surface area contributed by atoms with Gasteiger partial charge in [0.1, 0.15) is 16.8 Å².